The van der Waals surface area contributed by atoms with Crippen LogP contribution in [0.2, 0.25) is 0 Å². The van der Waals surface area contributed by atoms with Crippen molar-refractivity contribution in [2.24, 2.45) is 5.41 Å². The lowest BCUT2D eigenvalue weighted by molar-refractivity contribution is -0.347. The number of allylic oxidation sites excluding steroid dienone is 2. The number of hydrogen-bond donors (Lipinski definition) is 5. The van der Waals surface area contributed by atoms with Gasteiger partial charge in [-0.05, 0) is 12.8 Å². The summed E-state index contributed by atoms with van der Waals surface area (Å²) in [5.41, 5.74) is 4.08. The van der Waals surface area contributed by atoms with E-state index in [1.165, 1.54) is 58.8 Å². The van der Waals surface area contributed by atoms with Crippen molar-refractivity contribution >= 4 is 69.1 Å². The van der Waals surface area contributed by atoms with Gasteiger partial charge in [-0.25, -0.2) is 19.3 Å². The Bertz CT molecular complexity index is 1970. The normalized spacial score (nSPS) is 20.7. The third-order valence-corrected chi connectivity index (χ3v) is 13.3. The third kappa shape index (κ3) is 19.4. The van der Waals surface area contributed by atoms with Gasteiger partial charge in [-0.15, -0.1) is 0 Å². The van der Waals surface area contributed by atoms with Gasteiger partial charge in [0.25, 0.3) is 15.6 Å². The number of amides is 2. The van der Waals surface area contributed by atoms with Crippen molar-refractivity contribution in [3.8, 4) is 0 Å². The molecule has 7 atom stereocenters. The Labute approximate surface area is 368 Å². The standard InChI is InChI=1S/C35H60N7O17P3S/c1-4-5-6-7-8-9-10-11-12-13-14-15-26(44)63-19-18-37-25(43)16-17-38-33(47)30(46)35(2,3)21-56-62(53,54)59-61(51,52)55-20-24-29(58-60(48,49)50)28(45)34(57-24)42-23-41-27-31(36)39-22-40-32(27)42/h13-14,22-24,28-30,34,45-46H,4-12,15-21H2,1-3H3,(H,37,43)(H,38,47)(H,51,52)(H,53,54)(H2,36,39,40)(H2,48,49,50)/p-4/b14-13-/t24-,28-,29-,30+,34-/m1/s1. The molecule has 1 aliphatic heterocycles. The van der Waals surface area contributed by atoms with Gasteiger partial charge >= 0.3 is 0 Å². The van der Waals surface area contributed by atoms with Crippen molar-refractivity contribution in [2.45, 2.75) is 122 Å². The number of nitrogens with one attached hydrogen (secondary N) is 2. The predicted molar refractivity (Wildman–Crippen MR) is 219 cm³/mol. The lowest BCUT2D eigenvalue weighted by Gasteiger charge is -2.36. The van der Waals surface area contributed by atoms with Gasteiger partial charge < -0.3 is 69.0 Å². The fourth-order valence-electron chi connectivity index (χ4n) is 6.02. The van der Waals surface area contributed by atoms with Crippen LogP contribution in [0.1, 0.15) is 97.6 Å². The van der Waals surface area contributed by atoms with E-state index in [9.17, 15) is 57.9 Å². The first kappa shape index (κ1) is 54.6. The van der Waals surface area contributed by atoms with E-state index in [2.05, 4.69) is 50.4 Å². The van der Waals surface area contributed by atoms with Gasteiger partial charge in [0.05, 0.1) is 27.4 Å². The van der Waals surface area contributed by atoms with Crippen LogP contribution in [0.15, 0.2) is 24.8 Å². The molecule has 2 aromatic heterocycles. The number of anilines is 1. The summed E-state index contributed by atoms with van der Waals surface area (Å²) in [5, 5.41) is 26.3. The highest BCUT2D eigenvalue weighted by molar-refractivity contribution is 8.13. The largest absolute Gasteiger partial charge is 0.790 e. The summed E-state index contributed by atoms with van der Waals surface area (Å²) in [7, 11) is -17.6. The number of fused-ring (bicyclic) bond motifs is 1. The average molecular weight is 972 g/mol. The first-order chi connectivity index (χ1) is 29.6. The zero-order valence-electron chi connectivity index (χ0n) is 35.1. The summed E-state index contributed by atoms with van der Waals surface area (Å²) >= 11 is 1.09. The van der Waals surface area contributed by atoms with Crippen LogP contribution in [0.25, 0.3) is 11.2 Å². The SMILES string of the molecule is CCCCCCCCCC/C=C\CC(=O)SCCNC(=O)CCNC(=O)[C@H](O)C(C)(C)COP(=O)([O-])OP(=O)([O-])OC[C@H]1O[C@@H](n2cnc3c(N)ncnc32)[C@H](O)[C@@H]1OP(=O)([O-])[O-]. The van der Waals surface area contributed by atoms with Crippen LogP contribution >= 0.6 is 35.2 Å². The highest BCUT2D eigenvalue weighted by Crippen LogP contribution is 2.56. The van der Waals surface area contributed by atoms with E-state index < -0.39 is 84.6 Å². The molecule has 24 nitrogen and oxygen atoms in total. The highest BCUT2D eigenvalue weighted by Gasteiger charge is 2.47. The maximum absolute atomic E-state index is 12.6. The molecule has 0 aromatic carbocycles. The van der Waals surface area contributed by atoms with Gasteiger partial charge in [0.15, 0.2) is 22.8 Å². The molecule has 358 valence electrons. The monoisotopic (exact) mass is 971 g/mol. The smallest absolute Gasteiger partial charge is 0.274 e. The number of aliphatic hydroxyl groups is 2. The number of nitrogens with two attached hydrogens (primary N) is 1. The Balaban J connectivity index is 1.37. The number of carbonyl (C=O) groups excluding carboxylic acids is 3. The number of ether oxygens (including phenoxy) is 1. The van der Waals surface area contributed by atoms with Gasteiger partial charge in [-0.3, -0.25) is 28.1 Å². The van der Waals surface area contributed by atoms with Crippen LogP contribution in [0, 0.1) is 5.41 Å². The molecule has 6 N–H and O–H groups in total. The minimum Gasteiger partial charge on any atom is -0.790 e. The van der Waals surface area contributed by atoms with Crippen molar-refractivity contribution in [1.29, 1.82) is 0 Å². The van der Waals surface area contributed by atoms with E-state index in [0.29, 0.717) is 12.2 Å². The first-order valence-electron chi connectivity index (χ1n) is 20.2. The van der Waals surface area contributed by atoms with Crippen molar-refractivity contribution in [3.63, 3.8) is 0 Å². The Morgan fingerprint density at radius 1 is 0.984 bits per heavy atom. The van der Waals surface area contributed by atoms with Crippen molar-refractivity contribution in [2.75, 3.05) is 37.8 Å². The number of aromatic nitrogens is 4. The van der Waals surface area contributed by atoms with E-state index in [1.54, 1.807) is 0 Å². The van der Waals surface area contributed by atoms with E-state index in [-0.39, 0.29) is 41.6 Å². The van der Waals surface area contributed by atoms with Gasteiger partial charge in [0.1, 0.15) is 36.3 Å². The molecular formula is C35H56N7O17P3S-4. The quantitative estimate of drug-likeness (QED) is 0.0407. The number of nitrogen functional groups attached to an aromatic ring is 1. The maximum Gasteiger partial charge on any atom is 0.274 e. The average Bonchev–Trinajstić information content (AvgIpc) is 3.76. The fourth-order valence-corrected chi connectivity index (χ4v) is 9.41. The van der Waals surface area contributed by atoms with Gasteiger partial charge in [0.2, 0.25) is 11.8 Å². The number of unbranched alkanes of at least 4 members (excludes halogenated alkanes) is 8. The van der Waals surface area contributed by atoms with Gasteiger partial charge in [-0.1, -0.05) is 89.6 Å². The second kappa shape index (κ2) is 25.9. The number of imidazole rings is 1. The van der Waals surface area contributed by atoms with Crippen molar-refractivity contribution in [3.05, 3.63) is 24.8 Å². The molecular weight excluding hydrogens is 915 g/mol. The van der Waals surface area contributed by atoms with E-state index >= 15 is 0 Å². The van der Waals surface area contributed by atoms with Crippen LogP contribution in [0.5, 0.6) is 0 Å². The summed E-state index contributed by atoms with van der Waals surface area (Å²) in [4.78, 5) is 96.5. The Morgan fingerprint density at radius 3 is 2.33 bits per heavy atom. The highest BCUT2D eigenvalue weighted by atomic mass is 32.2. The third-order valence-electron chi connectivity index (χ3n) is 9.42. The molecule has 0 radical (unpaired) electrons. The van der Waals surface area contributed by atoms with Crippen molar-refractivity contribution < 1.29 is 80.5 Å². The molecule has 28 heteroatoms. The Morgan fingerprint density at radius 2 is 1.65 bits per heavy atom. The molecule has 1 saturated heterocycles. The van der Waals surface area contributed by atoms with Crippen molar-refractivity contribution in [1.82, 2.24) is 30.2 Å². The molecule has 3 rings (SSSR count). The molecule has 0 bridgehead atoms. The summed E-state index contributed by atoms with van der Waals surface area (Å²) in [5.74, 6) is -1.18. The minimum atomic E-state index is -5.92. The van der Waals surface area contributed by atoms with Crippen LogP contribution in [-0.4, -0.2) is 103 Å². The second-order valence-corrected chi connectivity index (χ2v) is 20.4. The maximum atomic E-state index is 12.6. The second-order valence-electron chi connectivity index (χ2n) is 15.1. The van der Waals surface area contributed by atoms with Crippen LogP contribution in [-0.2, 0) is 50.7 Å². The number of phosphoric ester groups is 3. The number of thioether (sulfide) groups is 1. The number of carbonyl (C=O) groups is 3. The number of rotatable bonds is 30. The molecule has 1 aliphatic rings. The fraction of sp³-hybridized carbons (Fsp3) is 0.714. The van der Waals surface area contributed by atoms with Crippen LogP contribution < -0.4 is 35.9 Å². The van der Waals surface area contributed by atoms with E-state index in [4.69, 9.17) is 10.5 Å². The van der Waals surface area contributed by atoms with Crippen LogP contribution in [0.3, 0.4) is 0 Å². The van der Waals surface area contributed by atoms with Gasteiger partial charge in [0, 0.05) is 37.1 Å². The Hall–Kier alpha value is -2.70. The minimum absolute atomic E-state index is 0.0198. The topological polar surface area (TPSA) is 375 Å². The number of phosphoric acid groups is 3. The van der Waals surface area contributed by atoms with E-state index in [1.807, 2.05) is 12.2 Å². The molecule has 2 unspecified atom stereocenters. The molecule has 2 aromatic rings. The summed E-state index contributed by atoms with van der Waals surface area (Å²) < 4.78 is 60.7. The lowest BCUT2D eigenvalue weighted by atomic mass is 9.87. The van der Waals surface area contributed by atoms with E-state index in [0.717, 1.165) is 41.8 Å². The molecule has 2 amide bonds. The zero-order valence-corrected chi connectivity index (χ0v) is 38.6. The van der Waals surface area contributed by atoms with Crippen LogP contribution in [0.4, 0.5) is 5.82 Å². The Kier molecular flexibility index (Phi) is 22.4. The summed E-state index contributed by atoms with van der Waals surface area (Å²) in [6.45, 7) is 2.33. The molecule has 0 spiro atoms. The number of aliphatic hydroxyl groups excluding tert-OH is 2. The summed E-state index contributed by atoms with van der Waals surface area (Å²) in [6, 6.07) is 0. The number of hydrogen-bond acceptors (Lipinski definition) is 22. The molecule has 0 saturated carbocycles. The zero-order chi connectivity index (χ0) is 46.8. The number of nitrogens with zero attached hydrogens (tertiary/aromatic N) is 4. The van der Waals surface area contributed by atoms with Gasteiger partial charge in [-0.2, -0.15) is 0 Å². The molecule has 63 heavy (non-hydrogen) atoms. The molecule has 0 aliphatic carbocycles. The molecule has 3 heterocycles. The summed E-state index contributed by atoms with van der Waals surface area (Å²) in [6.07, 6.45) is 7.40. The lowest BCUT2D eigenvalue weighted by Crippen LogP contribution is -2.46. The molecule has 1 fully saturated rings. The predicted octanol–water partition coefficient (Wildman–Crippen LogP) is 0.614. The first-order valence-corrected chi connectivity index (χ1v) is 25.5.